The van der Waals surface area contributed by atoms with Crippen molar-refractivity contribution in [3.05, 3.63) is 70.0 Å². The van der Waals surface area contributed by atoms with Crippen molar-refractivity contribution in [1.82, 2.24) is 9.55 Å². The van der Waals surface area contributed by atoms with Gasteiger partial charge >= 0.3 is 5.97 Å². The lowest BCUT2D eigenvalue weighted by atomic mass is 10.1. The maximum Gasteiger partial charge on any atom is 0.338 e. The molecule has 4 rings (SSSR count). The highest BCUT2D eigenvalue weighted by atomic mass is 19.1. The quantitative estimate of drug-likeness (QED) is 0.686. The van der Waals surface area contributed by atoms with Gasteiger partial charge in [0.1, 0.15) is 11.6 Å². The Hall–Kier alpha value is -3.55. The largest absolute Gasteiger partial charge is 0.449 e. The minimum Gasteiger partial charge on any atom is -0.449 e. The molecule has 1 atom stereocenters. The summed E-state index contributed by atoms with van der Waals surface area (Å²) < 4.78 is 20.1. The number of aryl methyl sites for hydroxylation is 1. The summed E-state index contributed by atoms with van der Waals surface area (Å²) in [6.07, 6.45) is 0.489. The molecule has 1 amide bonds. The number of carbonyl (C=O) groups is 2. The van der Waals surface area contributed by atoms with Crippen molar-refractivity contribution >= 4 is 28.5 Å². The van der Waals surface area contributed by atoms with Crippen LogP contribution in [-0.4, -0.2) is 27.5 Å². The van der Waals surface area contributed by atoms with Crippen molar-refractivity contribution in [1.29, 1.82) is 0 Å². The molecule has 0 saturated heterocycles. The van der Waals surface area contributed by atoms with Gasteiger partial charge < -0.3 is 10.1 Å². The summed E-state index contributed by atoms with van der Waals surface area (Å²) in [4.78, 5) is 41.6. The van der Waals surface area contributed by atoms with Gasteiger partial charge in [-0.2, -0.15) is 0 Å². The third-order valence-electron chi connectivity index (χ3n) is 4.80. The average molecular weight is 395 g/mol. The molecule has 2 heterocycles. The molecular formula is C21H18FN3O4. The molecule has 0 saturated carbocycles. The van der Waals surface area contributed by atoms with Gasteiger partial charge in [0.15, 0.2) is 6.10 Å². The van der Waals surface area contributed by atoms with E-state index in [1.165, 1.54) is 43.3 Å². The van der Waals surface area contributed by atoms with Gasteiger partial charge in [0, 0.05) is 18.7 Å². The first-order valence-electron chi connectivity index (χ1n) is 9.23. The van der Waals surface area contributed by atoms with Gasteiger partial charge in [-0.1, -0.05) is 6.07 Å². The van der Waals surface area contributed by atoms with Crippen molar-refractivity contribution in [3.8, 4) is 0 Å². The van der Waals surface area contributed by atoms with E-state index in [1.807, 2.05) is 0 Å². The molecule has 8 heteroatoms. The second-order valence-electron chi connectivity index (χ2n) is 6.87. The number of fused-ring (bicyclic) bond motifs is 2. The zero-order chi connectivity index (χ0) is 20.5. The van der Waals surface area contributed by atoms with E-state index in [0.717, 1.165) is 12.8 Å². The first-order chi connectivity index (χ1) is 13.9. The number of rotatable bonds is 4. The lowest BCUT2D eigenvalue weighted by Crippen LogP contribution is -2.30. The number of amides is 1. The number of ether oxygens (including phenoxy) is 1. The first-order valence-corrected chi connectivity index (χ1v) is 9.23. The predicted octanol–water partition coefficient (Wildman–Crippen LogP) is 2.67. The molecule has 1 aliphatic heterocycles. The van der Waals surface area contributed by atoms with Crippen LogP contribution in [-0.2, 0) is 22.5 Å². The topological polar surface area (TPSA) is 90.3 Å². The van der Waals surface area contributed by atoms with Crippen LogP contribution in [0.4, 0.5) is 10.1 Å². The normalized spacial score (nSPS) is 13.7. The number of benzene rings is 2. The molecule has 0 bridgehead atoms. The Morgan fingerprint density at radius 3 is 2.86 bits per heavy atom. The Labute approximate surface area is 165 Å². The van der Waals surface area contributed by atoms with E-state index in [0.29, 0.717) is 23.3 Å². The van der Waals surface area contributed by atoms with Crippen LogP contribution >= 0.6 is 0 Å². The van der Waals surface area contributed by atoms with Gasteiger partial charge in [0.2, 0.25) is 0 Å². The fourth-order valence-corrected chi connectivity index (χ4v) is 3.30. The van der Waals surface area contributed by atoms with Crippen molar-refractivity contribution in [2.24, 2.45) is 0 Å². The fourth-order valence-electron chi connectivity index (χ4n) is 3.30. The summed E-state index contributed by atoms with van der Waals surface area (Å²) in [5, 5.41) is 2.93. The smallest absolute Gasteiger partial charge is 0.338 e. The Morgan fingerprint density at radius 1 is 1.24 bits per heavy atom. The van der Waals surface area contributed by atoms with Crippen LogP contribution in [0, 0.1) is 5.82 Å². The van der Waals surface area contributed by atoms with Crippen LogP contribution in [0.2, 0.25) is 0 Å². The van der Waals surface area contributed by atoms with E-state index < -0.39 is 23.8 Å². The summed E-state index contributed by atoms with van der Waals surface area (Å²) in [5.74, 6) is -1.08. The molecule has 29 heavy (non-hydrogen) atoms. The Morgan fingerprint density at radius 2 is 2.07 bits per heavy atom. The number of nitrogens with zero attached hydrogens (tertiary/aromatic N) is 2. The number of anilines is 1. The third kappa shape index (κ3) is 3.73. The molecule has 0 unspecified atom stereocenters. The molecule has 0 spiro atoms. The van der Waals surface area contributed by atoms with E-state index in [2.05, 4.69) is 10.3 Å². The Kier molecular flexibility index (Phi) is 4.84. The molecule has 0 radical (unpaired) electrons. The lowest BCUT2D eigenvalue weighted by Gasteiger charge is -2.14. The molecule has 1 aromatic heterocycles. The number of carbonyl (C=O) groups excluding carboxylic acids is 2. The zero-order valence-electron chi connectivity index (χ0n) is 15.6. The average Bonchev–Trinajstić information content (AvgIpc) is 3.16. The second-order valence-corrected chi connectivity index (χ2v) is 6.87. The highest BCUT2D eigenvalue weighted by molar-refractivity contribution is 5.98. The van der Waals surface area contributed by atoms with Crippen LogP contribution in [0.3, 0.4) is 0 Å². The number of nitrogens with one attached hydrogen (secondary N) is 1. The van der Waals surface area contributed by atoms with Gasteiger partial charge in [-0.15, -0.1) is 0 Å². The van der Waals surface area contributed by atoms with E-state index in [9.17, 15) is 18.8 Å². The maximum atomic E-state index is 13.2. The van der Waals surface area contributed by atoms with Gasteiger partial charge in [-0.25, -0.2) is 14.2 Å². The van der Waals surface area contributed by atoms with Crippen LogP contribution in [0.5, 0.6) is 0 Å². The molecule has 1 aliphatic rings. The van der Waals surface area contributed by atoms with Gasteiger partial charge in [-0.05, 0) is 49.7 Å². The molecule has 0 fully saturated rings. The van der Waals surface area contributed by atoms with Gasteiger partial charge in [0.05, 0.1) is 16.5 Å². The van der Waals surface area contributed by atoms with Crippen LogP contribution in [0.15, 0.2) is 47.3 Å². The summed E-state index contributed by atoms with van der Waals surface area (Å²) in [5.41, 5.74) is 0.764. The van der Waals surface area contributed by atoms with E-state index in [4.69, 9.17) is 4.74 Å². The highest BCUT2D eigenvalue weighted by Gasteiger charge is 2.21. The maximum absolute atomic E-state index is 13.2. The number of halogens is 1. The van der Waals surface area contributed by atoms with Gasteiger partial charge in [-0.3, -0.25) is 14.2 Å². The molecular weight excluding hydrogens is 377 g/mol. The minimum atomic E-state index is -1.10. The van der Waals surface area contributed by atoms with Crippen LogP contribution in [0.1, 0.15) is 29.5 Å². The highest BCUT2D eigenvalue weighted by Crippen LogP contribution is 2.17. The standard InChI is InChI=1S/C21H18FN3O4/c1-12(19(26)23-15-5-2-4-14(22)11-15)29-21(28)13-7-8-16-17(10-13)24-18-6-3-9-25(18)20(16)27/h2,4-5,7-8,10-12H,3,6,9H2,1H3,(H,23,26)/t12-/m1/s1. The first kappa shape index (κ1) is 18.8. The van der Waals surface area contributed by atoms with Crippen LogP contribution in [0.25, 0.3) is 10.9 Å². The van der Waals surface area contributed by atoms with Gasteiger partial charge in [0.25, 0.3) is 11.5 Å². The molecule has 3 aromatic rings. The summed E-state index contributed by atoms with van der Waals surface area (Å²) in [6, 6.07) is 9.93. The van der Waals surface area contributed by atoms with E-state index in [1.54, 1.807) is 10.6 Å². The van der Waals surface area contributed by atoms with E-state index in [-0.39, 0.29) is 16.8 Å². The number of hydrogen-bond acceptors (Lipinski definition) is 5. The predicted molar refractivity (Wildman–Crippen MR) is 104 cm³/mol. The number of esters is 1. The molecule has 7 nitrogen and oxygen atoms in total. The van der Waals surface area contributed by atoms with E-state index >= 15 is 0 Å². The minimum absolute atomic E-state index is 0.120. The molecule has 2 aromatic carbocycles. The Bertz CT molecular complexity index is 1190. The zero-order valence-corrected chi connectivity index (χ0v) is 15.6. The lowest BCUT2D eigenvalue weighted by molar-refractivity contribution is -0.123. The second kappa shape index (κ2) is 7.46. The third-order valence-corrected chi connectivity index (χ3v) is 4.80. The summed E-state index contributed by atoms with van der Waals surface area (Å²) >= 11 is 0. The van der Waals surface area contributed by atoms with Crippen molar-refractivity contribution in [2.45, 2.75) is 32.4 Å². The fraction of sp³-hybridized carbons (Fsp3) is 0.238. The van der Waals surface area contributed by atoms with Crippen molar-refractivity contribution in [2.75, 3.05) is 5.32 Å². The number of hydrogen-bond donors (Lipinski definition) is 1. The summed E-state index contributed by atoms with van der Waals surface area (Å²) in [6.45, 7) is 2.07. The number of aromatic nitrogens is 2. The molecule has 1 N–H and O–H groups in total. The van der Waals surface area contributed by atoms with Crippen LogP contribution < -0.4 is 10.9 Å². The van der Waals surface area contributed by atoms with Crippen molar-refractivity contribution in [3.63, 3.8) is 0 Å². The molecule has 148 valence electrons. The summed E-state index contributed by atoms with van der Waals surface area (Å²) in [7, 11) is 0. The van der Waals surface area contributed by atoms with Crippen molar-refractivity contribution < 1.29 is 18.7 Å². The molecule has 0 aliphatic carbocycles. The Balaban J connectivity index is 1.50. The SMILES string of the molecule is C[C@@H](OC(=O)c1ccc2c(=O)n3c(nc2c1)CCC3)C(=O)Nc1cccc(F)c1. The monoisotopic (exact) mass is 395 g/mol.